The van der Waals surface area contributed by atoms with Crippen LogP contribution in [0.1, 0.15) is 30.7 Å². The number of halogens is 2. The van der Waals surface area contributed by atoms with Crippen LogP contribution in [-0.2, 0) is 0 Å². The molecule has 1 atom stereocenters. The van der Waals surface area contributed by atoms with Gasteiger partial charge in [-0.05, 0) is 30.0 Å². The molecule has 0 aliphatic heterocycles. The highest BCUT2D eigenvalue weighted by molar-refractivity contribution is 7.80. The van der Waals surface area contributed by atoms with Gasteiger partial charge in [0.2, 0.25) is 5.92 Å². The minimum Gasteiger partial charge on any atom is -0.207 e. The Labute approximate surface area is 87.7 Å². The first kappa shape index (κ1) is 9.97. The van der Waals surface area contributed by atoms with E-state index in [9.17, 15) is 8.78 Å². The highest BCUT2D eigenvalue weighted by Gasteiger charge is 2.39. The lowest BCUT2D eigenvalue weighted by Gasteiger charge is -2.10. The fraction of sp³-hybridized carbons (Fsp3) is 0.455. The van der Waals surface area contributed by atoms with Gasteiger partial charge in [0.1, 0.15) is 0 Å². The van der Waals surface area contributed by atoms with E-state index in [1.54, 1.807) is 0 Å². The van der Waals surface area contributed by atoms with Gasteiger partial charge < -0.3 is 0 Å². The Bertz CT molecular complexity index is 319. The van der Waals surface area contributed by atoms with Gasteiger partial charge in [0.15, 0.2) is 0 Å². The van der Waals surface area contributed by atoms with Crippen molar-refractivity contribution in [3.05, 3.63) is 29.8 Å². The molecule has 0 radical (unpaired) electrons. The van der Waals surface area contributed by atoms with Crippen molar-refractivity contribution in [3.63, 3.8) is 0 Å². The average Bonchev–Trinajstić information content (AvgIpc) is 2.47. The summed E-state index contributed by atoms with van der Waals surface area (Å²) in [5, 5.41) is 0. The zero-order valence-electron chi connectivity index (χ0n) is 7.71. The number of hydrogen-bond acceptors (Lipinski definition) is 1. The molecule has 3 heteroatoms. The number of rotatable bonds is 1. The van der Waals surface area contributed by atoms with Crippen molar-refractivity contribution in [2.75, 3.05) is 0 Å². The third-order valence-electron chi connectivity index (χ3n) is 2.77. The number of alkyl halides is 2. The largest absolute Gasteiger partial charge is 0.248 e. The van der Waals surface area contributed by atoms with Crippen molar-refractivity contribution in [1.82, 2.24) is 0 Å². The molecule has 0 aromatic heterocycles. The Morgan fingerprint density at radius 3 is 2.36 bits per heavy atom. The average molecular weight is 214 g/mol. The molecule has 0 heterocycles. The molecule has 1 saturated carbocycles. The lowest BCUT2D eigenvalue weighted by atomic mass is 9.98. The van der Waals surface area contributed by atoms with Crippen molar-refractivity contribution in [1.29, 1.82) is 0 Å². The molecule has 0 bridgehead atoms. The van der Waals surface area contributed by atoms with Gasteiger partial charge in [-0.15, -0.1) is 12.6 Å². The normalized spacial score (nSPS) is 25.2. The van der Waals surface area contributed by atoms with Crippen molar-refractivity contribution < 1.29 is 8.78 Å². The molecular weight excluding hydrogens is 202 g/mol. The summed E-state index contributed by atoms with van der Waals surface area (Å²) in [6.45, 7) is 0. The first-order valence-electron chi connectivity index (χ1n) is 4.74. The van der Waals surface area contributed by atoms with Crippen molar-refractivity contribution >= 4 is 12.6 Å². The van der Waals surface area contributed by atoms with Crippen LogP contribution in [0.5, 0.6) is 0 Å². The Kier molecular flexibility index (Phi) is 2.52. The summed E-state index contributed by atoms with van der Waals surface area (Å²) in [4.78, 5) is 0.874. The van der Waals surface area contributed by atoms with Gasteiger partial charge in [-0.2, -0.15) is 0 Å². The van der Waals surface area contributed by atoms with Gasteiger partial charge in [0.25, 0.3) is 0 Å². The van der Waals surface area contributed by atoms with Crippen LogP contribution in [0, 0.1) is 0 Å². The molecule has 1 fully saturated rings. The molecule has 14 heavy (non-hydrogen) atoms. The minimum atomic E-state index is -2.45. The predicted molar refractivity (Wildman–Crippen MR) is 55.2 cm³/mol. The van der Waals surface area contributed by atoms with Crippen LogP contribution in [0.3, 0.4) is 0 Å². The summed E-state index contributed by atoms with van der Waals surface area (Å²) in [7, 11) is 0. The lowest BCUT2D eigenvalue weighted by molar-refractivity contribution is 0.00777. The zero-order valence-corrected chi connectivity index (χ0v) is 8.61. The number of benzene rings is 1. The molecule has 0 nitrogen and oxygen atoms in total. The van der Waals surface area contributed by atoms with Crippen LogP contribution in [0.2, 0.25) is 0 Å². The standard InChI is InChI=1S/C11H12F2S/c12-11(13)6-5-9(7-11)8-1-3-10(14)4-2-8/h1-4,9,14H,5-7H2/t9-/m1/s1. The van der Waals surface area contributed by atoms with Crippen LogP contribution in [-0.4, -0.2) is 5.92 Å². The van der Waals surface area contributed by atoms with E-state index < -0.39 is 5.92 Å². The highest BCUT2D eigenvalue weighted by Crippen LogP contribution is 2.44. The van der Waals surface area contributed by atoms with E-state index in [0.29, 0.717) is 6.42 Å². The molecule has 0 spiro atoms. The quantitative estimate of drug-likeness (QED) is 0.674. The number of thiol groups is 1. The lowest BCUT2D eigenvalue weighted by Crippen LogP contribution is -2.09. The summed E-state index contributed by atoms with van der Waals surface area (Å²) < 4.78 is 25.9. The summed E-state index contributed by atoms with van der Waals surface area (Å²) in [6, 6.07) is 7.51. The monoisotopic (exact) mass is 214 g/mol. The second-order valence-electron chi connectivity index (χ2n) is 3.89. The Balaban J connectivity index is 2.14. The van der Waals surface area contributed by atoms with Crippen LogP contribution in [0.15, 0.2) is 29.2 Å². The molecule has 0 N–H and O–H groups in total. The molecule has 0 saturated heterocycles. The maximum absolute atomic E-state index is 12.9. The fourth-order valence-corrected chi connectivity index (χ4v) is 2.13. The Hall–Kier alpha value is -0.570. The first-order chi connectivity index (χ1) is 6.57. The second-order valence-corrected chi connectivity index (χ2v) is 4.40. The van der Waals surface area contributed by atoms with Crippen LogP contribution < -0.4 is 0 Å². The molecule has 1 aromatic rings. The third-order valence-corrected chi connectivity index (χ3v) is 3.07. The van der Waals surface area contributed by atoms with Crippen LogP contribution in [0.25, 0.3) is 0 Å². The summed E-state index contributed by atoms with van der Waals surface area (Å²) in [5.41, 5.74) is 1.01. The summed E-state index contributed by atoms with van der Waals surface area (Å²) in [6.07, 6.45) is 0.623. The van der Waals surface area contributed by atoms with Gasteiger partial charge in [-0.1, -0.05) is 12.1 Å². The van der Waals surface area contributed by atoms with Crippen molar-refractivity contribution in [2.45, 2.75) is 36.0 Å². The Morgan fingerprint density at radius 1 is 1.21 bits per heavy atom. The molecule has 0 unspecified atom stereocenters. The highest BCUT2D eigenvalue weighted by atomic mass is 32.1. The van der Waals surface area contributed by atoms with E-state index in [1.165, 1.54) is 0 Å². The molecule has 1 aliphatic rings. The SMILES string of the molecule is FC1(F)CC[C@@H](c2ccc(S)cc2)C1. The van der Waals surface area contributed by atoms with E-state index in [2.05, 4.69) is 12.6 Å². The van der Waals surface area contributed by atoms with E-state index >= 15 is 0 Å². The van der Waals surface area contributed by atoms with E-state index in [4.69, 9.17) is 0 Å². The fourth-order valence-electron chi connectivity index (χ4n) is 1.98. The van der Waals surface area contributed by atoms with Gasteiger partial charge in [-0.25, -0.2) is 8.78 Å². The maximum Gasteiger partial charge on any atom is 0.248 e. The Morgan fingerprint density at radius 2 is 1.86 bits per heavy atom. The topological polar surface area (TPSA) is 0 Å². The van der Waals surface area contributed by atoms with Gasteiger partial charge >= 0.3 is 0 Å². The summed E-state index contributed by atoms with van der Waals surface area (Å²) in [5.74, 6) is -2.43. The molecular formula is C11H12F2S. The van der Waals surface area contributed by atoms with E-state index in [1.807, 2.05) is 24.3 Å². The molecule has 76 valence electrons. The third kappa shape index (κ3) is 2.08. The van der Waals surface area contributed by atoms with Crippen molar-refractivity contribution in [3.8, 4) is 0 Å². The molecule has 1 aliphatic carbocycles. The molecule has 0 amide bonds. The smallest absolute Gasteiger partial charge is 0.207 e. The summed E-state index contributed by atoms with van der Waals surface area (Å²) >= 11 is 4.16. The van der Waals surface area contributed by atoms with Gasteiger partial charge in [0.05, 0.1) is 0 Å². The second kappa shape index (κ2) is 3.54. The minimum absolute atomic E-state index is 0.00107. The van der Waals surface area contributed by atoms with E-state index in [0.717, 1.165) is 10.5 Å². The van der Waals surface area contributed by atoms with E-state index in [-0.39, 0.29) is 18.8 Å². The van der Waals surface area contributed by atoms with Crippen LogP contribution >= 0.6 is 12.6 Å². The predicted octanol–water partition coefficient (Wildman–Crippen LogP) is 3.88. The van der Waals surface area contributed by atoms with Crippen LogP contribution in [0.4, 0.5) is 8.78 Å². The van der Waals surface area contributed by atoms with Gasteiger partial charge in [-0.3, -0.25) is 0 Å². The maximum atomic E-state index is 12.9. The molecule has 2 rings (SSSR count). The first-order valence-corrected chi connectivity index (χ1v) is 5.18. The number of hydrogen-bond donors (Lipinski definition) is 1. The zero-order chi connectivity index (χ0) is 10.2. The van der Waals surface area contributed by atoms with Gasteiger partial charge in [0, 0.05) is 17.7 Å². The van der Waals surface area contributed by atoms with Crippen molar-refractivity contribution in [2.24, 2.45) is 0 Å². The molecule has 1 aromatic carbocycles.